The van der Waals surface area contributed by atoms with Crippen molar-refractivity contribution in [3.63, 3.8) is 0 Å². The van der Waals surface area contributed by atoms with Gasteiger partial charge in [0.25, 0.3) is 10.0 Å². The van der Waals surface area contributed by atoms with Crippen LogP contribution in [0.4, 0.5) is 14.5 Å². The van der Waals surface area contributed by atoms with Crippen molar-refractivity contribution in [2.24, 2.45) is 4.40 Å². The van der Waals surface area contributed by atoms with Crippen molar-refractivity contribution >= 4 is 21.5 Å². The highest BCUT2D eigenvalue weighted by Gasteiger charge is 2.33. The second-order valence-electron chi connectivity index (χ2n) is 4.71. The molecule has 0 unspecified atom stereocenters. The molecule has 0 amide bonds. The molecule has 3 rings (SSSR count). The highest BCUT2D eigenvalue weighted by atomic mass is 32.2. The summed E-state index contributed by atoms with van der Waals surface area (Å²) in [6, 6.07) is 4.70. The second-order valence-corrected chi connectivity index (χ2v) is 6.29. The van der Waals surface area contributed by atoms with Gasteiger partial charge in [-0.25, -0.2) is 14.2 Å². The standard InChI is InChI=1S/C14H12F2N4O2S/c1-2-18-20-12-6-10(15)11(16)7-13(12)23(21,22)19-14(20)9-4-3-5-17-8-9/h3-8,18H,2H2,1H3. The third-order valence-electron chi connectivity index (χ3n) is 3.18. The van der Waals surface area contributed by atoms with Crippen LogP contribution in [0.2, 0.25) is 0 Å². The van der Waals surface area contributed by atoms with E-state index in [1.54, 1.807) is 19.1 Å². The van der Waals surface area contributed by atoms with Crippen LogP contribution in [0.1, 0.15) is 12.5 Å². The number of anilines is 1. The van der Waals surface area contributed by atoms with Crippen LogP contribution in [0.5, 0.6) is 0 Å². The van der Waals surface area contributed by atoms with Crippen LogP contribution in [-0.2, 0) is 10.0 Å². The minimum absolute atomic E-state index is 0.0281. The Morgan fingerprint density at radius 1 is 1.26 bits per heavy atom. The maximum absolute atomic E-state index is 13.6. The van der Waals surface area contributed by atoms with E-state index in [4.69, 9.17) is 0 Å². The molecule has 1 aliphatic rings. The second kappa shape index (κ2) is 5.67. The van der Waals surface area contributed by atoms with Crippen LogP contribution in [0.15, 0.2) is 46.0 Å². The Labute approximate surface area is 131 Å². The van der Waals surface area contributed by atoms with E-state index in [0.29, 0.717) is 18.2 Å². The maximum Gasteiger partial charge on any atom is 0.286 e. The fourth-order valence-electron chi connectivity index (χ4n) is 2.21. The van der Waals surface area contributed by atoms with Gasteiger partial charge in [0.1, 0.15) is 4.90 Å². The monoisotopic (exact) mass is 338 g/mol. The van der Waals surface area contributed by atoms with E-state index >= 15 is 0 Å². The van der Waals surface area contributed by atoms with Gasteiger partial charge in [-0.15, -0.1) is 4.40 Å². The number of hydrogen-bond donors (Lipinski definition) is 1. The third-order valence-corrected chi connectivity index (χ3v) is 4.47. The number of pyridine rings is 1. The summed E-state index contributed by atoms with van der Waals surface area (Å²) in [5, 5.41) is 1.32. The number of hydrazine groups is 1. The maximum atomic E-state index is 13.6. The molecule has 0 saturated carbocycles. The quantitative estimate of drug-likeness (QED) is 0.924. The average molecular weight is 338 g/mol. The van der Waals surface area contributed by atoms with Gasteiger partial charge in [-0.3, -0.25) is 9.99 Å². The molecule has 1 N–H and O–H groups in total. The number of nitrogens with one attached hydrogen (secondary N) is 1. The van der Waals surface area contributed by atoms with E-state index in [2.05, 4.69) is 14.8 Å². The first kappa shape index (κ1) is 15.5. The molecule has 0 saturated heterocycles. The van der Waals surface area contributed by atoms with Gasteiger partial charge in [0.05, 0.1) is 5.69 Å². The van der Waals surface area contributed by atoms with Gasteiger partial charge in [-0.2, -0.15) is 8.42 Å². The predicted octanol–water partition coefficient (Wildman–Crippen LogP) is 1.84. The highest BCUT2D eigenvalue weighted by Crippen LogP contribution is 2.33. The molecule has 120 valence electrons. The molecule has 2 aromatic rings. The Morgan fingerprint density at radius 2 is 2.00 bits per heavy atom. The zero-order valence-corrected chi connectivity index (χ0v) is 12.8. The fraction of sp³-hybridized carbons (Fsp3) is 0.143. The molecular weight excluding hydrogens is 326 g/mol. The van der Waals surface area contributed by atoms with Gasteiger partial charge < -0.3 is 0 Å². The summed E-state index contributed by atoms with van der Waals surface area (Å²) in [7, 11) is -4.16. The highest BCUT2D eigenvalue weighted by molar-refractivity contribution is 7.90. The first-order valence-electron chi connectivity index (χ1n) is 6.72. The van der Waals surface area contributed by atoms with Gasteiger partial charge in [0.15, 0.2) is 17.5 Å². The van der Waals surface area contributed by atoms with E-state index in [1.807, 2.05) is 0 Å². The Hall–Kier alpha value is -2.39. The molecule has 23 heavy (non-hydrogen) atoms. The molecule has 0 atom stereocenters. The van der Waals surface area contributed by atoms with Crippen molar-refractivity contribution in [3.8, 4) is 0 Å². The van der Waals surface area contributed by atoms with Gasteiger partial charge in [0.2, 0.25) is 0 Å². The van der Waals surface area contributed by atoms with E-state index in [0.717, 1.165) is 6.07 Å². The van der Waals surface area contributed by atoms with Gasteiger partial charge in [0, 0.05) is 30.6 Å². The summed E-state index contributed by atoms with van der Waals surface area (Å²) in [6.07, 6.45) is 2.96. The number of sulfonamides is 1. The number of rotatable bonds is 3. The first-order chi connectivity index (χ1) is 10.9. The van der Waals surface area contributed by atoms with Crippen LogP contribution >= 0.6 is 0 Å². The van der Waals surface area contributed by atoms with Crippen LogP contribution in [-0.4, -0.2) is 25.8 Å². The topological polar surface area (TPSA) is 74.7 Å². The Balaban J connectivity index is 2.27. The number of benzene rings is 1. The third kappa shape index (κ3) is 2.68. The minimum Gasteiger partial charge on any atom is -0.264 e. The normalized spacial score (nSPS) is 16.0. The molecule has 1 aliphatic heterocycles. The van der Waals surface area contributed by atoms with Crippen LogP contribution < -0.4 is 10.4 Å². The molecule has 9 heteroatoms. The summed E-state index contributed by atoms with van der Waals surface area (Å²) in [5.41, 5.74) is 3.29. The smallest absolute Gasteiger partial charge is 0.264 e. The van der Waals surface area contributed by atoms with Gasteiger partial charge in [-0.1, -0.05) is 6.92 Å². The Morgan fingerprint density at radius 3 is 2.65 bits per heavy atom. The fourth-order valence-corrected chi connectivity index (χ4v) is 3.39. The number of hydrogen-bond acceptors (Lipinski definition) is 5. The molecule has 0 radical (unpaired) electrons. The van der Waals surface area contributed by atoms with E-state index in [-0.39, 0.29) is 11.5 Å². The molecule has 0 bridgehead atoms. The average Bonchev–Trinajstić information content (AvgIpc) is 2.53. The van der Waals surface area contributed by atoms with Crippen LogP contribution in [0.25, 0.3) is 0 Å². The molecule has 6 nitrogen and oxygen atoms in total. The van der Waals surface area contributed by atoms with Crippen molar-refractivity contribution in [1.29, 1.82) is 0 Å². The summed E-state index contributed by atoms with van der Waals surface area (Å²) in [4.78, 5) is 3.53. The molecule has 1 aromatic heterocycles. The lowest BCUT2D eigenvalue weighted by atomic mass is 10.2. The van der Waals surface area contributed by atoms with E-state index in [1.165, 1.54) is 17.4 Å². The Kier molecular flexibility index (Phi) is 3.82. The Bertz CT molecular complexity index is 885. The first-order valence-corrected chi connectivity index (χ1v) is 8.16. The number of amidine groups is 1. The lowest BCUT2D eigenvalue weighted by molar-refractivity contribution is 0.503. The zero-order chi connectivity index (χ0) is 16.6. The van der Waals surface area contributed by atoms with Crippen molar-refractivity contribution in [2.75, 3.05) is 11.6 Å². The summed E-state index contributed by atoms with van der Waals surface area (Å²) in [5.74, 6) is -2.35. The van der Waals surface area contributed by atoms with E-state index in [9.17, 15) is 17.2 Å². The molecule has 0 fully saturated rings. The molecule has 1 aromatic carbocycles. The van der Waals surface area contributed by atoms with Crippen LogP contribution in [0.3, 0.4) is 0 Å². The van der Waals surface area contributed by atoms with Crippen molar-refractivity contribution in [3.05, 3.63) is 53.9 Å². The summed E-state index contributed by atoms with van der Waals surface area (Å²) in [6.45, 7) is 2.20. The zero-order valence-electron chi connectivity index (χ0n) is 12.0. The van der Waals surface area contributed by atoms with Crippen molar-refractivity contribution < 1.29 is 17.2 Å². The summed E-state index contributed by atoms with van der Waals surface area (Å²) < 4.78 is 55.4. The largest absolute Gasteiger partial charge is 0.286 e. The van der Waals surface area contributed by atoms with Gasteiger partial charge in [-0.05, 0) is 18.2 Å². The van der Waals surface area contributed by atoms with Crippen molar-refractivity contribution in [1.82, 2.24) is 10.4 Å². The lowest BCUT2D eigenvalue weighted by Gasteiger charge is -2.30. The number of nitrogens with zero attached hydrogens (tertiary/aromatic N) is 3. The van der Waals surface area contributed by atoms with Crippen molar-refractivity contribution in [2.45, 2.75) is 11.8 Å². The summed E-state index contributed by atoms with van der Waals surface area (Å²) >= 11 is 0. The number of fused-ring (bicyclic) bond motifs is 1. The predicted molar refractivity (Wildman–Crippen MR) is 80.5 cm³/mol. The van der Waals surface area contributed by atoms with Crippen LogP contribution in [0, 0.1) is 11.6 Å². The lowest BCUT2D eigenvalue weighted by Crippen LogP contribution is -2.46. The number of aromatic nitrogens is 1. The molecule has 0 aliphatic carbocycles. The molecular formula is C14H12F2N4O2S. The SMILES string of the molecule is CCNN1C(c2cccnc2)=NS(=O)(=O)c2cc(F)c(F)cc21. The van der Waals surface area contributed by atoms with E-state index < -0.39 is 26.6 Å². The molecule has 0 spiro atoms. The van der Waals surface area contributed by atoms with Gasteiger partial charge >= 0.3 is 0 Å². The number of halogens is 2. The minimum atomic E-state index is -4.16. The molecule has 2 heterocycles.